The monoisotopic (exact) mass is 292 g/mol. The quantitative estimate of drug-likeness (QED) is 0.858. The lowest BCUT2D eigenvalue weighted by atomic mass is 10.2. The van der Waals surface area contributed by atoms with Gasteiger partial charge in [0.1, 0.15) is 10.7 Å². The zero-order valence-electron chi connectivity index (χ0n) is 10.9. The molecule has 2 heterocycles. The van der Waals surface area contributed by atoms with Crippen molar-refractivity contribution in [3.63, 3.8) is 0 Å². The maximum Gasteiger partial charge on any atom is 0.158 e. The number of hydrogen-bond donors (Lipinski definition) is 1. The van der Waals surface area contributed by atoms with Gasteiger partial charge in [-0.15, -0.1) is 11.3 Å². The minimum atomic E-state index is 0.278. The van der Waals surface area contributed by atoms with E-state index >= 15 is 0 Å². The molecule has 2 N–H and O–H groups in total. The van der Waals surface area contributed by atoms with Crippen LogP contribution in [0.1, 0.15) is 24.4 Å². The minimum Gasteiger partial charge on any atom is -0.388 e. The third-order valence-corrected chi connectivity index (χ3v) is 3.77. The Morgan fingerprint density at radius 1 is 1.42 bits per heavy atom. The van der Waals surface area contributed by atoms with Crippen LogP contribution in [0, 0.1) is 0 Å². The molecule has 6 heteroatoms. The summed E-state index contributed by atoms with van der Waals surface area (Å²) in [4.78, 5) is 12.4. The molecule has 100 valence electrons. The van der Waals surface area contributed by atoms with E-state index in [1.807, 2.05) is 6.07 Å². The second-order valence-electron chi connectivity index (χ2n) is 4.39. The van der Waals surface area contributed by atoms with E-state index in [-0.39, 0.29) is 11.0 Å². The fraction of sp³-hybridized carbons (Fsp3) is 0.308. The topological polar surface area (TPSA) is 55.0 Å². The van der Waals surface area contributed by atoms with Gasteiger partial charge >= 0.3 is 0 Å². The van der Waals surface area contributed by atoms with Gasteiger partial charge in [-0.2, -0.15) is 0 Å². The Hall–Kier alpha value is -1.53. The molecular formula is C13H16N4S2. The highest BCUT2D eigenvalue weighted by Gasteiger charge is 2.18. The number of rotatable bonds is 5. The Kier molecular flexibility index (Phi) is 4.44. The van der Waals surface area contributed by atoms with Crippen LogP contribution in [0.2, 0.25) is 0 Å². The van der Waals surface area contributed by atoms with Gasteiger partial charge in [0.25, 0.3) is 0 Å². The van der Waals surface area contributed by atoms with E-state index < -0.39 is 0 Å². The Balaban J connectivity index is 2.36. The molecule has 0 amide bonds. The molecule has 0 aliphatic rings. The first kappa shape index (κ1) is 13.9. The van der Waals surface area contributed by atoms with E-state index in [0.717, 1.165) is 12.4 Å². The zero-order chi connectivity index (χ0) is 13.8. The summed E-state index contributed by atoms with van der Waals surface area (Å²) in [7, 11) is 0. The van der Waals surface area contributed by atoms with Crippen molar-refractivity contribution in [3.8, 4) is 0 Å². The van der Waals surface area contributed by atoms with Crippen molar-refractivity contribution in [2.24, 2.45) is 5.73 Å². The van der Waals surface area contributed by atoms with Gasteiger partial charge in [-0.3, -0.25) is 0 Å². The Morgan fingerprint density at radius 3 is 2.74 bits per heavy atom. The van der Waals surface area contributed by atoms with Gasteiger partial charge in [0, 0.05) is 23.3 Å². The molecule has 0 saturated heterocycles. The normalized spacial score (nSPS) is 10.7. The van der Waals surface area contributed by atoms with Crippen molar-refractivity contribution in [1.82, 2.24) is 9.97 Å². The van der Waals surface area contributed by atoms with Gasteiger partial charge < -0.3 is 10.6 Å². The molecule has 0 unspecified atom stereocenters. The maximum atomic E-state index is 5.73. The van der Waals surface area contributed by atoms with Crippen LogP contribution in [0.5, 0.6) is 0 Å². The summed E-state index contributed by atoms with van der Waals surface area (Å²) in [5, 5.41) is 2.07. The fourth-order valence-corrected chi connectivity index (χ4v) is 2.63. The zero-order valence-corrected chi connectivity index (χ0v) is 12.5. The third kappa shape index (κ3) is 3.27. The first-order chi connectivity index (χ1) is 9.09. The molecular weight excluding hydrogens is 276 g/mol. The van der Waals surface area contributed by atoms with E-state index in [4.69, 9.17) is 18.0 Å². The number of aromatic nitrogens is 2. The van der Waals surface area contributed by atoms with Gasteiger partial charge in [0.15, 0.2) is 5.82 Å². The highest BCUT2D eigenvalue weighted by molar-refractivity contribution is 7.80. The van der Waals surface area contributed by atoms with Gasteiger partial charge in [-0.1, -0.05) is 18.3 Å². The number of hydrogen-bond acceptors (Lipinski definition) is 5. The predicted octanol–water partition coefficient (Wildman–Crippen LogP) is 2.59. The van der Waals surface area contributed by atoms with E-state index in [0.29, 0.717) is 5.69 Å². The standard InChI is InChI=1S/C13H16N4S2/c1-9(2)17(8-10-4-3-7-19-10)13-11(12(14)18)15-5-6-16-13/h3-7,9H,8H2,1-2H3,(H2,14,18). The predicted molar refractivity (Wildman–Crippen MR) is 83.6 cm³/mol. The molecule has 0 spiro atoms. The summed E-state index contributed by atoms with van der Waals surface area (Å²) in [5.74, 6) is 0.749. The Labute approximate surface area is 122 Å². The molecule has 0 radical (unpaired) electrons. The van der Waals surface area contributed by atoms with E-state index in [2.05, 4.69) is 40.2 Å². The van der Waals surface area contributed by atoms with Crippen LogP contribution in [0.25, 0.3) is 0 Å². The average Bonchev–Trinajstić information content (AvgIpc) is 2.88. The second-order valence-corrected chi connectivity index (χ2v) is 5.87. The lowest BCUT2D eigenvalue weighted by molar-refractivity contribution is 0.674. The van der Waals surface area contributed by atoms with E-state index in [1.54, 1.807) is 23.7 Å². The molecule has 0 fully saturated rings. The molecule has 0 aliphatic heterocycles. The molecule has 0 aliphatic carbocycles. The van der Waals surface area contributed by atoms with Crippen LogP contribution in [0.4, 0.5) is 5.82 Å². The summed E-state index contributed by atoms with van der Waals surface area (Å²) in [6.45, 7) is 5.01. The molecule has 0 aromatic carbocycles. The first-order valence-corrected chi connectivity index (χ1v) is 7.28. The number of nitrogens with zero attached hydrogens (tertiary/aromatic N) is 3. The number of anilines is 1. The highest BCUT2D eigenvalue weighted by Crippen LogP contribution is 2.22. The molecule has 2 rings (SSSR count). The van der Waals surface area contributed by atoms with Crippen LogP contribution >= 0.6 is 23.6 Å². The molecule has 2 aromatic heterocycles. The summed E-state index contributed by atoms with van der Waals surface area (Å²) >= 11 is 6.78. The summed E-state index contributed by atoms with van der Waals surface area (Å²) < 4.78 is 0. The van der Waals surface area contributed by atoms with Crippen molar-refractivity contribution < 1.29 is 0 Å². The molecule has 0 saturated carbocycles. The van der Waals surface area contributed by atoms with Crippen LogP contribution in [-0.4, -0.2) is 21.0 Å². The van der Waals surface area contributed by atoms with Crippen molar-refractivity contribution in [2.75, 3.05) is 4.90 Å². The molecule has 4 nitrogen and oxygen atoms in total. The second kappa shape index (κ2) is 6.08. The lowest BCUT2D eigenvalue weighted by Gasteiger charge is -2.28. The molecule has 0 atom stereocenters. The molecule has 0 bridgehead atoms. The van der Waals surface area contributed by atoms with Crippen LogP contribution < -0.4 is 10.6 Å². The SMILES string of the molecule is CC(C)N(Cc1cccs1)c1nccnc1C(N)=S. The summed E-state index contributed by atoms with van der Waals surface area (Å²) in [6, 6.07) is 4.44. The van der Waals surface area contributed by atoms with Crippen molar-refractivity contribution in [1.29, 1.82) is 0 Å². The lowest BCUT2D eigenvalue weighted by Crippen LogP contribution is -2.33. The van der Waals surface area contributed by atoms with Crippen LogP contribution in [0.15, 0.2) is 29.9 Å². The maximum absolute atomic E-state index is 5.73. The smallest absolute Gasteiger partial charge is 0.158 e. The highest BCUT2D eigenvalue weighted by atomic mass is 32.1. The number of nitrogens with two attached hydrogens (primary N) is 1. The minimum absolute atomic E-state index is 0.278. The molecule has 19 heavy (non-hydrogen) atoms. The molecule has 2 aromatic rings. The Morgan fingerprint density at radius 2 is 2.16 bits per heavy atom. The Bertz CT molecular complexity index is 552. The van der Waals surface area contributed by atoms with Crippen molar-refractivity contribution >= 4 is 34.4 Å². The summed E-state index contributed by atoms with van der Waals surface area (Å²) in [5.41, 5.74) is 6.32. The number of thiocarbonyl (C=S) groups is 1. The van der Waals surface area contributed by atoms with Gasteiger partial charge in [0.2, 0.25) is 0 Å². The van der Waals surface area contributed by atoms with E-state index in [9.17, 15) is 0 Å². The number of thiophene rings is 1. The third-order valence-electron chi connectivity index (χ3n) is 2.71. The van der Waals surface area contributed by atoms with Crippen molar-refractivity contribution in [3.05, 3.63) is 40.5 Å². The van der Waals surface area contributed by atoms with Gasteiger partial charge in [-0.05, 0) is 25.3 Å². The fourth-order valence-electron chi connectivity index (χ4n) is 1.79. The van der Waals surface area contributed by atoms with Crippen molar-refractivity contribution in [2.45, 2.75) is 26.4 Å². The first-order valence-electron chi connectivity index (χ1n) is 5.99. The van der Waals surface area contributed by atoms with Gasteiger partial charge in [0.05, 0.1) is 6.54 Å². The largest absolute Gasteiger partial charge is 0.388 e. The van der Waals surface area contributed by atoms with E-state index in [1.165, 1.54) is 4.88 Å². The average molecular weight is 292 g/mol. The van der Waals surface area contributed by atoms with Crippen LogP contribution in [0.3, 0.4) is 0 Å². The van der Waals surface area contributed by atoms with Crippen LogP contribution in [-0.2, 0) is 6.54 Å². The summed E-state index contributed by atoms with van der Waals surface area (Å²) in [6.07, 6.45) is 3.28. The van der Waals surface area contributed by atoms with Gasteiger partial charge in [-0.25, -0.2) is 9.97 Å².